The van der Waals surface area contributed by atoms with E-state index in [1.54, 1.807) is 24.3 Å². The fourth-order valence-corrected chi connectivity index (χ4v) is 2.53. The summed E-state index contributed by atoms with van der Waals surface area (Å²) < 4.78 is 10.6. The van der Waals surface area contributed by atoms with E-state index in [0.717, 1.165) is 5.56 Å². The molecule has 1 atom stereocenters. The second kappa shape index (κ2) is 10.5. The van der Waals surface area contributed by atoms with Gasteiger partial charge in [0.15, 0.2) is 6.61 Å². The second-order valence-corrected chi connectivity index (χ2v) is 6.07. The molecule has 0 radical (unpaired) electrons. The summed E-state index contributed by atoms with van der Waals surface area (Å²) in [5, 5.41) is 3.28. The highest BCUT2D eigenvalue weighted by Crippen LogP contribution is 2.20. The molecule has 0 heterocycles. The van der Waals surface area contributed by atoms with Gasteiger partial charge in [-0.25, -0.2) is 0 Å². The van der Waals surface area contributed by atoms with Gasteiger partial charge in [0.05, 0.1) is 12.5 Å². The monoisotopic (exact) mass is 375 g/mol. The molecule has 26 heavy (non-hydrogen) atoms. The highest BCUT2D eigenvalue weighted by Gasteiger charge is 2.20. The van der Waals surface area contributed by atoms with Crippen molar-refractivity contribution in [3.8, 4) is 5.75 Å². The zero-order valence-electron chi connectivity index (χ0n) is 14.6. The maximum absolute atomic E-state index is 12.2. The number of hydrogen-bond acceptors (Lipinski definition) is 4. The van der Waals surface area contributed by atoms with Crippen LogP contribution in [0.1, 0.15) is 24.8 Å². The molecule has 0 aliphatic rings. The first-order valence-electron chi connectivity index (χ1n) is 8.46. The first-order valence-corrected chi connectivity index (χ1v) is 8.84. The van der Waals surface area contributed by atoms with E-state index < -0.39 is 5.97 Å². The van der Waals surface area contributed by atoms with Gasteiger partial charge in [-0.2, -0.15) is 0 Å². The van der Waals surface area contributed by atoms with Crippen LogP contribution in [-0.2, 0) is 14.3 Å². The van der Waals surface area contributed by atoms with Gasteiger partial charge in [-0.05, 0) is 36.2 Å². The Balaban J connectivity index is 1.67. The molecule has 6 heteroatoms. The molecule has 0 aliphatic heterocycles. The third-order valence-electron chi connectivity index (χ3n) is 3.75. The first-order chi connectivity index (χ1) is 12.6. The van der Waals surface area contributed by atoms with Gasteiger partial charge in [-0.15, -0.1) is 0 Å². The smallest absolute Gasteiger partial charge is 0.313 e. The van der Waals surface area contributed by atoms with Crippen LogP contribution in [0, 0.1) is 0 Å². The molecule has 0 saturated carbocycles. The van der Waals surface area contributed by atoms with E-state index in [1.165, 1.54) is 0 Å². The second-order valence-electron chi connectivity index (χ2n) is 5.63. The lowest BCUT2D eigenvalue weighted by atomic mass is 9.97. The first kappa shape index (κ1) is 19.8. The minimum atomic E-state index is -0.397. The van der Waals surface area contributed by atoms with Crippen LogP contribution in [-0.4, -0.2) is 31.6 Å². The summed E-state index contributed by atoms with van der Waals surface area (Å²) in [4.78, 5) is 24.0. The molecular formula is C20H22ClNO4. The van der Waals surface area contributed by atoms with E-state index in [2.05, 4.69) is 5.32 Å². The van der Waals surface area contributed by atoms with Gasteiger partial charge in [-0.1, -0.05) is 48.9 Å². The van der Waals surface area contributed by atoms with Gasteiger partial charge < -0.3 is 14.8 Å². The van der Waals surface area contributed by atoms with E-state index in [9.17, 15) is 9.59 Å². The van der Waals surface area contributed by atoms with Crippen molar-refractivity contribution >= 4 is 23.5 Å². The number of amides is 1. The molecule has 0 bridgehead atoms. The SMILES string of the molecule is CC[C@H](C(=O)OCC(=O)NCCOc1ccc(Cl)cc1)c1ccccc1. The third kappa shape index (κ3) is 6.41. The van der Waals surface area contributed by atoms with Gasteiger partial charge in [0, 0.05) is 5.02 Å². The number of carbonyl (C=O) groups is 2. The maximum atomic E-state index is 12.2. The molecule has 0 saturated heterocycles. The molecule has 2 rings (SSSR count). The van der Waals surface area contributed by atoms with Gasteiger partial charge in [0.1, 0.15) is 12.4 Å². The van der Waals surface area contributed by atoms with E-state index in [4.69, 9.17) is 21.1 Å². The lowest BCUT2D eigenvalue weighted by Crippen LogP contribution is -2.32. The molecule has 2 aromatic rings. The summed E-state index contributed by atoms with van der Waals surface area (Å²) in [6, 6.07) is 16.4. The van der Waals surface area contributed by atoms with Crippen LogP contribution >= 0.6 is 11.6 Å². The molecule has 1 N–H and O–H groups in total. The van der Waals surface area contributed by atoms with Crippen LogP contribution in [0.2, 0.25) is 5.02 Å². The standard InChI is InChI=1S/C20H22ClNO4/c1-2-18(15-6-4-3-5-7-15)20(24)26-14-19(23)22-12-13-25-17-10-8-16(21)9-11-17/h3-11,18H,2,12-14H2,1H3,(H,22,23)/t18-/m0/s1. The predicted molar refractivity (Wildman–Crippen MR) is 100 cm³/mol. The Labute approximate surface area is 158 Å². The van der Waals surface area contributed by atoms with Gasteiger partial charge in [0.2, 0.25) is 0 Å². The van der Waals surface area contributed by atoms with Gasteiger partial charge in [-0.3, -0.25) is 9.59 Å². The lowest BCUT2D eigenvalue weighted by molar-refractivity contribution is -0.150. The predicted octanol–water partition coefficient (Wildman–Crippen LogP) is 3.57. The summed E-state index contributed by atoms with van der Waals surface area (Å²) in [5.41, 5.74) is 0.886. The average Bonchev–Trinajstić information content (AvgIpc) is 2.66. The number of nitrogens with one attached hydrogen (secondary N) is 1. The van der Waals surface area contributed by atoms with E-state index in [0.29, 0.717) is 30.3 Å². The average molecular weight is 376 g/mol. The highest BCUT2D eigenvalue weighted by molar-refractivity contribution is 6.30. The molecule has 2 aromatic carbocycles. The number of halogens is 1. The van der Waals surface area contributed by atoms with Crippen LogP contribution in [0.5, 0.6) is 5.75 Å². The van der Waals surface area contributed by atoms with Crippen molar-refractivity contribution in [3.63, 3.8) is 0 Å². The molecule has 0 aromatic heterocycles. The molecule has 138 valence electrons. The molecule has 5 nitrogen and oxygen atoms in total. The van der Waals surface area contributed by atoms with E-state index in [-0.39, 0.29) is 18.4 Å². The van der Waals surface area contributed by atoms with E-state index in [1.807, 2.05) is 37.3 Å². The topological polar surface area (TPSA) is 64.6 Å². The summed E-state index contributed by atoms with van der Waals surface area (Å²) >= 11 is 5.79. The zero-order chi connectivity index (χ0) is 18.8. The Morgan fingerprint density at radius 1 is 1.08 bits per heavy atom. The molecule has 0 unspecified atom stereocenters. The van der Waals surface area contributed by atoms with Crippen molar-refractivity contribution in [2.45, 2.75) is 19.3 Å². The molecular weight excluding hydrogens is 354 g/mol. The number of hydrogen-bond donors (Lipinski definition) is 1. The number of rotatable bonds is 9. The number of carbonyl (C=O) groups excluding carboxylic acids is 2. The summed E-state index contributed by atoms with van der Waals surface area (Å²) in [6.45, 7) is 2.23. The molecule has 0 fully saturated rings. The Morgan fingerprint density at radius 3 is 2.42 bits per heavy atom. The largest absolute Gasteiger partial charge is 0.492 e. The fourth-order valence-electron chi connectivity index (χ4n) is 2.40. The summed E-state index contributed by atoms with van der Waals surface area (Å²) in [6.07, 6.45) is 0.611. The quantitative estimate of drug-likeness (QED) is 0.537. The summed E-state index contributed by atoms with van der Waals surface area (Å²) in [7, 11) is 0. The molecule has 1 amide bonds. The molecule has 0 aliphatic carbocycles. The van der Waals surface area contributed by atoms with Crippen LogP contribution in [0.15, 0.2) is 54.6 Å². The van der Waals surface area contributed by atoms with Crippen LogP contribution in [0.4, 0.5) is 0 Å². The Bertz CT molecular complexity index is 704. The normalized spacial score (nSPS) is 11.5. The van der Waals surface area contributed by atoms with Crippen molar-refractivity contribution in [2.75, 3.05) is 19.8 Å². The Hall–Kier alpha value is -2.53. The number of benzene rings is 2. The van der Waals surface area contributed by atoms with Crippen LogP contribution in [0.3, 0.4) is 0 Å². The maximum Gasteiger partial charge on any atom is 0.313 e. The van der Waals surface area contributed by atoms with Crippen molar-refractivity contribution < 1.29 is 19.1 Å². The highest BCUT2D eigenvalue weighted by atomic mass is 35.5. The Kier molecular flexibility index (Phi) is 7.96. The van der Waals surface area contributed by atoms with Gasteiger partial charge >= 0.3 is 5.97 Å². The third-order valence-corrected chi connectivity index (χ3v) is 4.00. The van der Waals surface area contributed by atoms with Crippen molar-refractivity contribution in [1.82, 2.24) is 5.32 Å². The van der Waals surface area contributed by atoms with Crippen molar-refractivity contribution in [2.24, 2.45) is 0 Å². The van der Waals surface area contributed by atoms with Crippen molar-refractivity contribution in [1.29, 1.82) is 0 Å². The minimum Gasteiger partial charge on any atom is -0.492 e. The summed E-state index contributed by atoms with van der Waals surface area (Å²) in [5.74, 6) is -0.451. The van der Waals surface area contributed by atoms with Gasteiger partial charge in [0.25, 0.3) is 5.91 Å². The number of esters is 1. The van der Waals surface area contributed by atoms with Crippen molar-refractivity contribution in [3.05, 3.63) is 65.2 Å². The minimum absolute atomic E-state index is 0.302. The Morgan fingerprint density at radius 2 is 1.77 bits per heavy atom. The fraction of sp³-hybridized carbons (Fsp3) is 0.300. The van der Waals surface area contributed by atoms with E-state index >= 15 is 0 Å². The van der Waals surface area contributed by atoms with Crippen LogP contribution < -0.4 is 10.1 Å². The lowest BCUT2D eigenvalue weighted by Gasteiger charge is -2.14. The zero-order valence-corrected chi connectivity index (χ0v) is 15.4. The number of ether oxygens (including phenoxy) is 2. The molecule has 0 spiro atoms. The van der Waals surface area contributed by atoms with Crippen LogP contribution in [0.25, 0.3) is 0 Å².